The maximum Gasteiger partial charge on any atom is 0.189 e. The van der Waals surface area contributed by atoms with Gasteiger partial charge >= 0.3 is 0 Å². The van der Waals surface area contributed by atoms with Crippen molar-refractivity contribution in [1.29, 1.82) is 0 Å². The molecule has 0 spiro atoms. The van der Waals surface area contributed by atoms with Crippen LogP contribution in [0.3, 0.4) is 0 Å². The van der Waals surface area contributed by atoms with E-state index < -0.39 is 0 Å². The highest BCUT2D eigenvalue weighted by molar-refractivity contribution is 7.80. The van der Waals surface area contributed by atoms with Gasteiger partial charge in [-0.2, -0.15) is 0 Å². The lowest BCUT2D eigenvalue weighted by atomic mass is 10.3. The molecule has 110 valence electrons. The molecule has 0 aliphatic carbocycles. The second kappa shape index (κ2) is 7.33. The van der Waals surface area contributed by atoms with Gasteiger partial charge in [0.05, 0.1) is 26.4 Å². The van der Waals surface area contributed by atoms with E-state index in [1.165, 1.54) is 12.4 Å². The zero-order chi connectivity index (χ0) is 15.4. The largest absolute Gasteiger partial charge is 0.330 e. The molecule has 2 aromatic rings. The Hall–Kier alpha value is -0.980. The molecule has 0 atom stereocenters. The Bertz CT molecular complexity index is 660. The van der Waals surface area contributed by atoms with Crippen molar-refractivity contribution in [3.8, 4) is 0 Å². The first-order valence-electron chi connectivity index (χ1n) is 5.54. The number of pyridine rings is 1. The van der Waals surface area contributed by atoms with E-state index in [0.29, 0.717) is 31.5 Å². The number of hydrazine groups is 1. The number of rotatable bonds is 3. The molecule has 0 fully saturated rings. The fourth-order valence-electron chi connectivity index (χ4n) is 1.39. The Kier molecular flexibility index (Phi) is 5.72. The van der Waals surface area contributed by atoms with E-state index in [1.54, 1.807) is 18.2 Å². The van der Waals surface area contributed by atoms with E-state index in [-0.39, 0.29) is 5.11 Å². The molecule has 1 aromatic heterocycles. The predicted molar refractivity (Wildman–Crippen MR) is 93.7 cm³/mol. The number of nitrogens with one attached hydrogen (secondary N) is 3. The number of aromatic nitrogens is 1. The molecule has 0 saturated carbocycles. The van der Waals surface area contributed by atoms with E-state index in [4.69, 9.17) is 58.6 Å². The summed E-state index contributed by atoms with van der Waals surface area (Å²) in [6.07, 6.45) is 2.92. The van der Waals surface area contributed by atoms with Crippen molar-refractivity contribution in [3.63, 3.8) is 0 Å². The molecule has 2 rings (SSSR count). The summed E-state index contributed by atoms with van der Waals surface area (Å²) in [4.78, 5) is 3.85. The molecule has 21 heavy (non-hydrogen) atoms. The quantitative estimate of drug-likeness (QED) is 0.515. The number of thiocarbonyl (C=S) groups is 1. The summed E-state index contributed by atoms with van der Waals surface area (Å²) >= 11 is 28.9. The predicted octanol–water partition coefficient (Wildman–Crippen LogP) is 5.01. The standard InChI is InChI=1S/C12H8Cl4N4S/c13-6-1-2-10(7(14)3-6)18-12(21)20-19-11-8(15)4-17-5-9(11)16/h1-5H,(H,17,19)(H2,18,20,21). The SMILES string of the molecule is S=C(NNc1c(Cl)cncc1Cl)Nc1ccc(Cl)cc1Cl. The van der Waals surface area contributed by atoms with Crippen molar-refractivity contribution in [1.82, 2.24) is 10.4 Å². The van der Waals surface area contributed by atoms with E-state index in [9.17, 15) is 0 Å². The zero-order valence-corrected chi connectivity index (χ0v) is 14.1. The van der Waals surface area contributed by atoms with Crippen molar-refractivity contribution in [3.05, 3.63) is 50.7 Å². The first-order chi connectivity index (χ1) is 9.97. The number of benzene rings is 1. The van der Waals surface area contributed by atoms with Gasteiger partial charge < -0.3 is 5.32 Å². The third-order valence-electron chi connectivity index (χ3n) is 2.33. The van der Waals surface area contributed by atoms with Crippen LogP contribution in [-0.2, 0) is 0 Å². The Balaban J connectivity index is 1.99. The molecule has 3 N–H and O–H groups in total. The number of halogens is 4. The molecule has 1 heterocycles. The molecular weight excluding hydrogens is 374 g/mol. The van der Waals surface area contributed by atoms with Crippen LogP contribution in [-0.4, -0.2) is 10.1 Å². The lowest BCUT2D eigenvalue weighted by molar-refractivity contribution is 1.13. The van der Waals surface area contributed by atoms with Crippen LogP contribution in [0.2, 0.25) is 20.1 Å². The molecule has 0 amide bonds. The highest BCUT2D eigenvalue weighted by Crippen LogP contribution is 2.28. The monoisotopic (exact) mass is 380 g/mol. The maximum atomic E-state index is 6.04. The van der Waals surface area contributed by atoms with E-state index >= 15 is 0 Å². The molecular formula is C12H8Cl4N4S. The van der Waals surface area contributed by atoms with Crippen LogP contribution in [0.1, 0.15) is 0 Å². The lowest BCUT2D eigenvalue weighted by Crippen LogP contribution is -2.33. The Morgan fingerprint density at radius 2 is 1.67 bits per heavy atom. The number of anilines is 2. The molecule has 0 saturated heterocycles. The number of nitrogens with zero attached hydrogens (tertiary/aromatic N) is 1. The van der Waals surface area contributed by atoms with E-state index in [1.807, 2.05) is 0 Å². The van der Waals surface area contributed by atoms with Crippen molar-refractivity contribution >= 4 is 75.1 Å². The number of hydrogen-bond acceptors (Lipinski definition) is 3. The van der Waals surface area contributed by atoms with Crippen molar-refractivity contribution in [2.45, 2.75) is 0 Å². The maximum absolute atomic E-state index is 6.04. The summed E-state index contributed by atoms with van der Waals surface area (Å²) in [6.45, 7) is 0. The summed E-state index contributed by atoms with van der Waals surface area (Å²) < 4.78 is 0. The molecule has 0 radical (unpaired) electrons. The van der Waals surface area contributed by atoms with Crippen LogP contribution < -0.4 is 16.2 Å². The van der Waals surface area contributed by atoms with Gasteiger partial charge in [-0.1, -0.05) is 46.4 Å². The fraction of sp³-hybridized carbons (Fsp3) is 0. The molecule has 0 bridgehead atoms. The second-order valence-corrected chi connectivity index (χ2v) is 5.87. The van der Waals surface area contributed by atoms with E-state index in [2.05, 4.69) is 21.2 Å². The second-order valence-electron chi connectivity index (χ2n) is 3.81. The van der Waals surface area contributed by atoms with Crippen LogP contribution in [0.15, 0.2) is 30.6 Å². The summed E-state index contributed by atoms with van der Waals surface area (Å²) in [5.74, 6) is 0. The third kappa shape index (κ3) is 4.49. The van der Waals surface area contributed by atoms with Crippen molar-refractivity contribution in [2.75, 3.05) is 10.7 Å². The molecule has 4 nitrogen and oxygen atoms in total. The average Bonchev–Trinajstić information content (AvgIpc) is 2.41. The van der Waals surface area contributed by atoms with Crippen molar-refractivity contribution < 1.29 is 0 Å². The van der Waals surface area contributed by atoms with Gasteiger partial charge in [0.1, 0.15) is 0 Å². The van der Waals surface area contributed by atoms with Crippen LogP contribution in [0.25, 0.3) is 0 Å². The lowest BCUT2D eigenvalue weighted by Gasteiger charge is -2.15. The van der Waals surface area contributed by atoms with Gasteiger partial charge in [-0.15, -0.1) is 0 Å². The minimum atomic E-state index is 0.281. The summed E-state index contributed by atoms with van der Waals surface area (Å²) in [5, 5.41) is 4.91. The Morgan fingerprint density at radius 3 is 2.29 bits per heavy atom. The van der Waals surface area contributed by atoms with Gasteiger partial charge in [0.2, 0.25) is 0 Å². The average molecular weight is 382 g/mol. The molecule has 0 aliphatic heterocycles. The first kappa shape index (κ1) is 16.4. The number of hydrogen-bond donors (Lipinski definition) is 3. The summed E-state index contributed by atoms with van der Waals surface area (Å²) in [7, 11) is 0. The molecule has 0 unspecified atom stereocenters. The van der Waals surface area contributed by atoms with Gasteiger partial charge in [0.15, 0.2) is 5.11 Å². The fourth-order valence-corrected chi connectivity index (χ4v) is 2.47. The Labute approximate surface area is 146 Å². The van der Waals surface area contributed by atoms with Gasteiger partial charge in [-0.05, 0) is 30.4 Å². The highest BCUT2D eigenvalue weighted by Gasteiger charge is 2.07. The van der Waals surface area contributed by atoms with Crippen molar-refractivity contribution in [2.24, 2.45) is 0 Å². The van der Waals surface area contributed by atoms with Gasteiger partial charge in [0, 0.05) is 17.4 Å². The van der Waals surface area contributed by atoms with Crippen LogP contribution in [0.5, 0.6) is 0 Å². The molecule has 0 aliphatic rings. The van der Waals surface area contributed by atoms with E-state index in [0.717, 1.165) is 0 Å². The van der Waals surface area contributed by atoms with Crippen LogP contribution in [0.4, 0.5) is 11.4 Å². The third-order valence-corrected chi connectivity index (χ3v) is 3.66. The minimum Gasteiger partial charge on any atom is -0.330 e. The smallest absolute Gasteiger partial charge is 0.189 e. The van der Waals surface area contributed by atoms with Gasteiger partial charge in [-0.3, -0.25) is 15.8 Å². The Morgan fingerprint density at radius 1 is 1.00 bits per heavy atom. The van der Waals surface area contributed by atoms with Crippen LogP contribution >= 0.6 is 58.6 Å². The first-order valence-corrected chi connectivity index (χ1v) is 7.46. The highest BCUT2D eigenvalue weighted by atomic mass is 35.5. The molecule has 9 heteroatoms. The zero-order valence-electron chi connectivity index (χ0n) is 10.3. The normalized spacial score (nSPS) is 10.1. The van der Waals surface area contributed by atoms with Crippen LogP contribution in [0, 0.1) is 0 Å². The summed E-state index contributed by atoms with van der Waals surface area (Å²) in [5.41, 5.74) is 6.65. The van der Waals surface area contributed by atoms with Gasteiger partial charge in [-0.25, -0.2) is 0 Å². The molecule has 1 aromatic carbocycles. The van der Waals surface area contributed by atoms with Gasteiger partial charge in [0.25, 0.3) is 0 Å². The minimum absolute atomic E-state index is 0.281. The summed E-state index contributed by atoms with van der Waals surface area (Å²) in [6, 6.07) is 5.02. The topological polar surface area (TPSA) is 49.0 Å².